The number of nitrogens with one attached hydrogen (secondary N) is 1. The molecule has 21 heavy (non-hydrogen) atoms. The Morgan fingerprint density at radius 2 is 1.90 bits per heavy atom. The van der Waals surface area contributed by atoms with Crippen molar-refractivity contribution in [1.29, 1.82) is 0 Å². The van der Waals surface area contributed by atoms with E-state index in [0.717, 1.165) is 5.56 Å². The van der Waals surface area contributed by atoms with Gasteiger partial charge in [-0.15, -0.1) is 0 Å². The van der Waals surface area contributed by atoms with Crippen LogP contribution in [0.15, 0.2) is 24.3 Å². The molecule has 0 aliphatic carbocycles. The SMILES string of the molecule is CCN(CC)C(=O)CCNC(=O)CCc1cccc(N)c1. The van der Waals surface area contributed by atoms with Crippen molar-refractivity contribution in [2.45, 2.75) is 33.1 Å². The first kappa shape index (κ1) is 17.0. The highest BCUT2D eigenvalue weighted by atomic mass is 16.2. The van der Waals surface area contributed by atoms with E-state index in [-0.39, 0.29) is 11.8 Å². The fourth-order valence-corrected chi connectivity index (χ4v) is 2.14. The molecule has 0 saturated carbocycles. The maximum atomic E-state index is 11.8. The number of benzene rings is 1. The summed E-state index contributed by atoms with van der Waals surface area (Å²) in [5.41, 5.74) is 7.44. The van der Waals surface area contributed by atoms with Crippen LogP contribution in [0.5, 0.6) is 0 Å². The van der Waals surface area contributed by atoms with Crippen LogP contribution in [0.2, 0.25) is 0 Å². The number of carbonyl (C=O) groups excluding carboxylic acids is 2. The Balaban J connectivity index is 2.24. The summed E-state index contributed by atoms with van der Waals surface area (Å²) < 4.78 is 0. The summed E-state index contributed by atoms with van der Waals surface area (Å²) >= 11 is 0. The highest BCUT2D eigenvalue weighted by Crippen LogP contribution is 2.08. The molecule has 0 aliphatic heterocycles. The number of hydrogen-bond donors (Lipinski definition) is 2. The molecule has 5 heteroatoms. The molecule has 0 bridgehead atoms. The molecule has 1 aromatic carbocycles. The minimum Gasteiger partial charge on any atom is -0.399 e. The van der Waals surface area contributed by atoms with Gasteiger partial charge in [0.15, 0.2) is 0 Å². The van der Waals surface area contributed by atoms with E-state index < -0.39 is 0 Å². The lowest BCUT2D eigenvalue weighted by molar-refractivity contribution is -0.130. The van der Waals surface area contributed by atoms with Crippen LogP contribution < -0.4 is 11.1 Å². The van der Waals surface area contributed by atoms with Gasteiger partial charge in [-0.2, -0.15) is 0 Å². The lowest BCUT2D eigenvalue weighted by atomic mass is 10.1. The van der Waals surface area contributed by atoms with Gasteiger partial charge < -0.3 is 16.0 Å². The molecule has 0 fully saturated rings. The molecule has 0 radical (unpaired) electrons. The van der Waals surface area contributed by atoms with Crippen molar-refractivity contribution >= 4 is 17.5 Å². The predicted octanol–water partition coefficient (Wildman–Crippen LogP) is 1.58. The Kier molecular flexibility index (Phi) is 7.29. The van der Waals surface area contributed by atoms with Crippen molar-refractivity contribution in [1.82, 2.24) is 10.2 Å². The summed E-state index contributed by atoms with van der Waals surface area (Å²) in [7, 11) is 0. The van der Waals surface area contributed by atoms with Gasteiger partial charge in [0.2, 0.25) is 11.8 Å². The second-order valence-electron chi connectivity index (χ2n) is 4.91. The van der Waals surface area contributed by atoms with Gasteiger partial charge in [0.25, 0.3) is 0 Å². The Morgan fingerprint density at radius 1 is 1.19 bits per heavy atom. The first-order chi connectivity index (χ1) is 10.1. The molecule has 3 N–H and O–H groups in total. The highest BCUT2D eigenvalue weighted by molar-refractivity contribution is 5.79. The third-order valence-corrected chi connectivity index (χ3v) is 3.37. The Hall–Kier alpha value is -2.04. The first-order valence-corrected chi connectivity index (χ1v) is 7.45. The molecule has 0 aromatic heterocycles. The zero-order valence-corrected chi connectivity index (χ0v) is 12.9. The average molecular weight is 291 g/mol. The minimum atomic E-state index is -0.0372. The van der Waals surface area contributed by atoms with Gasteiger partial charge in [0.1, 0.15) is 0 Å². The Labute approximate surface area is 126 Å². The molecular formula is C16H25N3O2. The number of nitrogens with two attached hydrogens (primary N) is 1. The van der Waals surface area contributed by atoms with Crippen LogP contribution in [-0.4, -0.2) is 36.3 Å². The molecule has 0 aliphatic rings. The van der Waals surface area contributed by atoms with Crippen LogP contribution in [0.3, 0.4) is 0 Å². The van der Waals surface area contributed by atoms with Crippen LogP contribution in [0, 0.1) is 0 Å². The van der Waals surface area contributed by atoms with Gasteiger partial charge in [0, 0.05) is 38.2 Å². The second-order valence-corrected chi connectivity index (χ2v) is 4.91. The fraction of sp³-hybridized carbons (Fsp3) is 0.500. The van der Waals surface area contributed by atoms with E-state index in [2.05, 4.69) is 5.32 Å². The van der Waals surface area contributed by atoms with Gasteiger partial charge in [-0.05, 0) is 38.0 Å². The van der Waals surface area contributed by atoms with Crippen molar-refractivity contribution in [3.05, 3.63) is 29.8 Å². The first-order valence-electron chi connectivity index (χ1n) is 7.45. The van der Waals surface area contributed by atoms with Gasteiger partial charge in [-0.1, -0.05) is 12.1 Å². The molecule has 0 saturated heterocycles. The maximum absolute atomic E-state index is 11.8. The van der Waals surface area contributed by atoms with Crippen LogP contribution in [0.1, 0.15) is 32.3 Å². The molecule has 5 nitrogen and oxygen atoms in total. The number of aryl methyl sites for hydroxylation is 1. The maximum Gasteiger partial charge on any atom is 0.224 e. The van der Waals surface area contributed by atoms with E-state index in [1.54, 1.807) is 4.90 Å². The fourth-order valence-electron chi connectivity index (χ4n) is 2.14. The van der Waals surface area contributed by atoms with Crippen molar-refractivity contribution < 1.29 is 9.59 Å². The van der Waals surface area contributed by atoms with Crippen LogP contribution in [0.25, 0.3) is 0 Å². The summed E-state index contributed by atoms with van der Waals surface area (Å²) in [6, 6.07) is 7.53. The van der Waals surface area contributed by atoms with E-state index in [1.165, 1.54) is 0 Å². The molecule has 1 rings (SSSR count). The lowest BCUT2D eigenvalue weighted by Crippen LogP contribution is -2.34. The number of amides is 2. The smallest absolute Gasteiger partial charge is 0.224 e. The van der Waals surface area contributed by atoms with E-state index >= 15 is 0 Å². The Morgan fingerprint density at radius 3 is 2.52 bits per heavy atom. The topological polar surface area (TPSA) is 75.4 Å². The summed E-state index contributed by atoms with van der Waals surface area (Å²) in [5, 5.41) is 2.78. The Bertz CT molecular complexity index is 470. The highest BCUT2D eigenvalue weighted by Gasteiger charge is 2.09. The van der Waals surface area contributed by atoms with Gasteiger partial charge in [-0.25, -0.2) is 0 Å². The van der Waals surface area contributed by atoms with Crippen molar-refractivity contribution in [3.63, 3.8) is 0 Å². The minimum absolute atomic E-state index is 0.0372. The number of hydrogen-bond acceptors (Lipinski definition) is 3. The third kappa shape index (κ3) is 6.29. The third-order valence-electron chi connectivity index (χ3n) is 3.37. The van der Waals surface area contributed by atoms with Gasteiger partial charge in [0.05, 0.1) is 0 Å². The van der Waals surface area contributed by atoms with Crippen LogP contribution in [-0.2, 0) is 16.0 Å². The standard InChI is InChI=1S/C16H25N3O2/c1-3-19(4-2)16(21)10-11-18-15(20)9-8-13-6-5-7-14(17)12-13/h5-7,12H,3-4,8-11,17H2,1-2H3,(H,18,20). The number of anilines is 1. The molecule has 116 valence electrons. The lowest BCUT2D eigenvalue weighted by Gasteiger charge is -2.18. The average Bonchev–Trinajstić information content (AvgIpc) is 2.46. The number of nitrogens with zero attached hydrogens (tertiary/aromatic N) is 1. The zero-order chi connectivity index (χ0) is 15.7. The molecule has 1 aromatic rings. The molecule has 0 spiro atoms. The summed E-state index contributed by atoms with van der Waals surface area (Å²) in [5.74, 6) is 0.0425. The summed E-state index contributed by atoms with van der Waals surface area (Å²) in [4.78, 5) is 25.3. The van der Waals surface area contributed by atoms with E-state index in [1.807, 2.05) is 38.1 Å². The molecule has 2 amide bonds. The van der Waals surface area contributed by atoms with Crippen molar-refractivity contribution in [2.75, 3.05) is 25.4 Å². The van der Waals surface area contributed by atoms with Crippen molar-refractivity contribution in [3.8, 4) is 0 Å². The summed E-state index contributed by atoms with van der Waals surface area (Å²) in [6.45, 7) is 5.71. The normalized spacial score (nSPS) is 10.2. The van der Waals surface area contributed by atoms with Gasteiger partial charge >= 0.3 is 0 Å². The molecule has 0 heterocycles. The quantitative estimate of drug-likeness (QED) is 0.714. The number of nitrogen functional groups attached to an aromatic ring is 1. The molecule has 0 unspecified atom stereocenters. The van der Waals surface area contributed by atoms with Gasteiger partial charge in [-0.3, -0.25) is 9.59 Å². The van der Waals surface area contributed by atoms with E-state index in [9.17, 15) is 9.59 Å². The van der Waals surface area contributed by atoms with Crippen molar-refractivity contribution in [2.24, 2.45) is 0 Å². The van der Waals surface area contributed by atoms with Crippen LogP contribution >= 0.6 is 0 Å². The molecule has 0 atom stereocenters. The number of rotatable bonds is 8. The summed E-state index contributed by atoms with van der Waals surface area (Å²) in [6.07, 6.45) is 1.41. The monoisotopic (exact) mass is 291 g/mol. The second kappa shape index (κ2) is 9.00. The number of carbonyl (C=O) groups is 2. The predicted molar refractivity (Wildman–Crippen MR) is 84.7 cm³/mol. The van der Waals surface area contributed by atoms with E-state index in [4.69, 9.17) is 5.73 Å². The van der Waals surface area contributed by atoms with Crippen LogP contribution in [0.4, 0.5) is 5.69 Å². The van der Waals surface area contributed by atoms with E-state index in [0.29, 0.717) is 44.6 Å². The largest absolute Gasteiger partial charge is 0.399 e. The molecular weight excluding hydrogens is 266 g/mol. The zero-order valence-electron chi connectivity index (χ0n) is 12.9.